The Bertz CT molecular complexity index is 1100. The summed E-state index contributed by atoms with van der Waals surface area (Å²) in [5, 5.41) is 3.21. The minimum Gasteiger partial charge on any atom is -0.484 e. The maximum atomic E-state index is 13.7. The van der Waals surface area contributed by atoms with E-state index in [4.69, 9.17) is 4.74 Å². The lowest BCUT2D eigenvalue weighted by Gasteiger charge is -2.33. The number of ether oxygens (including phenoxy) is 1. The van der Waals surface area contributed by atoms with Crippen molar-refractivity contribution >= 4 is 11.8 Å². The predicted molar refractivity (Wildman–Crippen MR) is 138 cm³/mol. The van der Waals surface area contributed by atoms with Gasteiger partial charge >= 0.3 is 0 Å². The van der Waals surface area contributed by atoms with E-state index in [1.165, 1.54) is 18.6 Å². The summed E-state index contributed by atoms with van der Waals surface area (Å²) in [6.07, 6.45) is 5.65. The number of nitrogens with one attached hydrogen (secondary N) is 1. The average Bonchev–Trinajstić information content (AvgIpc) is 2.92. The van der Waals surface area contributed by atoms with Crippen LogP contribution in [0.1, 0.15) is 43.2 Å². The molecule has 1 atom stereocenters. The molecule has 0 unspecified atom stereocenters. The summed E-state index contributed by atoms with van der Waals surface area (Å²) in [5.74, 6) is -0.234. The molecule has 188 valence electrons. The Morgan fingerprint density at radius 2 is 1.50 bits per heavy atom. The first-order chi connectivity index (χ1) is 17.6. The van der Waals surface area contributed by atoms with E-state index in [1.54, 1.807) is 29.2 Å². The summed E-state index contributed by atoms with van der Waals surface area (Å²) in [5.41, 5.74) is 1.70. The second-order valence-electron chi connectivity index (χ2n) is 9.30. The highest BCUT2D eigenvalue weighted by Gasteiger charge is 2.32. The normalized spacial score (nSPS) is 14.6. The Kier molecular flexibility index (Phi) is 9.09. The zero-order valence-corrected chi connectivity index (χ0v) is 20.4. The van der Waals surface area contributed by atoms with E-state index in [9.17, 15) is 14.0 Å². The van der Waals surface area contributed by atoms with Crippen LogP contribution in [0.2, 0.25) is 0 Å². The molecule has 0 radical (unpaired) electrons. The van der Waals surface area contributed by atoms with E-state index in [-0.39, 0.29) is 36.8 Å². The van der Waals surface area contributed by atoms with Crippen molar-refractivity contribution in [2.24, 2.45) is 0 Å². The fourth-order valence-corrected chi connectivity index (χ4v) is 4.63. The standard InChI is InChI=1S/C30H33FN2O3/c31-25-18-16-24(17-19-25)21-33(29(34)22-36-27-14-8-3-9-15-27)28(20-23-10-4-1-5-11-23)30(35)32-26-12-6-2-7-13-26/h1,3-5,8-11,14-19,26,28H,2,6-7,12-13,20-22H2,(H,32,35)/t28-/m0/s1. The van der Waals surface area contributed by atoms with Crippen molar-refractivity contribution in [1.29, 1.82) is 0 Å². The van der Waals surface area contributed by atoms with Gasteiger partial charge in [-0.1, -0.05) is 79.9 Å². The maximum Gasteiger partial charge on any atom is 0.261 e. The van der Waals surface area contributed by atoms with Crippen molar-refractivity contribution in [2.75, 3.05) is 6.61 Å². The molecule has 3 aromatic carbocycles. The molecular formula is C30H33FN2O3. The summed E-state index contributed by atoms with van der Waals surface area (Å²) < 4.78 is 19.3. The van der Waals surface area contributed by atoms with Crippen molar-refractivity contribution in [3.8, 4) is 5.75 Å². The molecule has 1 fully saturated rings. The number of nitrogens with zero attached hydrogens (tertiary/aromatic N) is 1. The Morgan fingerprint density at radius 1 is 0.861 bits per heavy atom. The molecule has 6 heteroatoms. The van der Waals surface area contributed by atoms with E-state index in [0.29, 0.717) is 12.2 Å². The van der Waals surface area contributed by atoms with Crippen LogP contribution >= 0.6 is 0 Å². The molecule has 36 heavy (non-hydrogen) atoms. The number of amides is 2. The number of para-hydroxylation sites is 1. The summed E-state index contributed by atoms with van der Waals surface area (Å²) in [7, 11) is 0. The van der Waals surface area contributed by atoms with Gasteiger partial charge in [0.2, 0.25) is 5.91 Å². The zero-order valence-electron chi connectivity index (χ0n) is 20.4. The molecule has 0 spiro atoms. The summed E-state index contributed by atoms with van der Waals surface area (Å²) in [4.78, 5) is 28.8. The molecule has 0 aliphatic heterocycles. The molecule has 1 aliphatic carbocycles. The first-order valence-electron chi connectivity index (χ1n) is 12.6. The van der Waals surface area contributed by atoms with Crippen molar-refractivity contribution in [3.63, 3.8) is 0 Å². The lowest BCUT2D eigenvalue weighted by atomic mass is 9.94. The van der Waals surface area contributed by atoms with Crippen LogP contribution in [0.3, 0.4) is 0 Å². The molecular weight excluding hydrogens is 455 g/mol. The molecule has 0 saturated heterocycles. The van der Waals surface area contributed by atoms with Gasteiger partial charge in [-0.3, -0.25) is 9.59 Å². The summed E-state index contributed by atoms with van der Waals surface area (Å²) in [6.45, 7) is -0.0277. The zero-order chi connectivity index (χ0) is 25.2. The average molecular weight is 489 g/mol. The fraction of sp³-hybridized carbons (Fsp3) is 0.333. The number of carbonyl (C=O) groups is 2. The fourth-order valence-electron chi connectivity index (χ4n) is 4.63. The number of hydrogen-bond donors (Lipinski definition) is 1. The summed E-state index contributed by atoms with van der Waals surface area (Å²) >= 11 is 0. The van der Waals surface area contributed by atoms with Crippen LogP contribution in [0.4, 0.5) is 4.39 Å². The first kappa shape index (κ1) is 25.4. The van der Waals surface area contributed by atoms with E-state index < -0.39 is 6.04 Å². The largest absolute Gasteiger partial charge is 0.484 e. The molecule has 1 saturated carbocycles. The van der Waals surface area contributed by atoms with Gasteiger partial charge in [-0.05, 0) is 48.2 Å². The molecule has 0 heterocycles. The number of hydrogen-bond acceptors (Lipinski definition) is 3. The molecule has 3 aromatic rings. The quantitative estimate of drug-likeness (QED) is 0.422. The molecule has 4 rings (SSSR count). The van der Waals surface area contributed by atoms with Crippen LogP contribution in [0, 0.1) is 5.82 Å². The van der Waals surface area contributed by atoms with E-state index in [2.05, 4.69) is 5.32 Å². The van der Waals surface area contributed by atoms with Gasteiger partial charge in [-0.15, -0.1) is 0 Å². The van der Waals surface area contributed by atoms with E-state index in [0.717, 1.165) is 36.8 Å². The van der Waals surface area contributed by atoms with Crippen molar-refractivity contribution in [2.45, 2.75) is 57.2 Å². The van der Waals surface area contributed by atoms with Crippen LogP contribution in [-0.4, -0.2) is 35.4 Å². The highest BCUT2D eigenvalue weighted by atomic mass is 19.1. The first-order valence-corrected chi connectivity index (χ1v) is 12.6. The molecule has 1 aliphatic rings. The van der Waals surface area contributed by atoms with Crippen LogP contribution < -0.4 is 10.1 Å². The highest BCUT2D eigenvalue weighted by Crippen LogP contribution is 2.20. The number of rotatable bonds is 10. The Labute approximate surface area is 212 Å². The van der Waals surface area contributed by atoms with Crippen molar-refractivity contribution in [1.82, 2.24) is 10.2 Å². The minimum atomic E-state index is -0.730. The smallest absolute Gasteiger partial charge is 0.261 e. The Morgan fingerprint density at radius 3 is 2.17 bits per heavy atom. The number of benzene rings is 3. The lowest BCUT2D eigenvalue weighted by molar-refractivity contribution is -0.143. The van der Waals surface area contributed by atoms with Crippen LogP contribution in [-0.2, 0) is 22.6 Å². The van der Waals surface area contributed by atoms with Gasteiger partial charge < -0.3 is 15.0 Å². The second kappa shape index (κ2) is 12.9. The highest BCUT2D eigenvalue weighted by molar-refractivity contribution is 5.88. The molecule has 0 bridgehead atoms. The Balaban J connectivity index is 1.60. The van der Waals surface area contributed by atoms with Gasteiger partial charge in [0.1, 0.15) is 17.6 Å². The monoisotopic (exact) mass is 488 g/mol. The third kappa shape index (κ3) is 7.41. The summed E-state index contributed by atoms with van der Waals surface area (Å²) in [6, 6.07) is 24.2. The molecule has 1 N–H and O–H groups in total. The maximum absolute atomic E-state index is 13.7. The molecule has 0 aromatic heterocycles. The third-order valence-corrected chi connectivity index (χ3v) is 6.59. The van der Waals surface area contributed by atoms with Crippen LogP contribution in [0.5, 0.6) is 5.75 Å². The molecule has 2 amide bonds. The van der Waals surface area contributed by atoms with Crippen LogP contribution in [0.15, 0.2) is 84.9 Å². The Hall–Kier alpha value is -3.67. The number of halogens is 1. The van der Waals surface area contributed by atoms with E-state index >= 15 is 0 Å². The van der Waals surface area contributed by atoms with Crippen molar-refractivity contribution in [3.05, 3.63) is 102 Å². The van der Waals surface area contributed by atoms with Gasteiger partial charge in [0, 0.05) is 19.0 Å². The van der Waals surface area contributed by atoms with E-state index in [1.807, 2.05) is 48.5 Å². The molecule has 5 nitrogen and oxygen atoms in total. The lowest BCUT2D eigenvalue weighted by Crippen LogP contribution is -2.53. The predicted octanol–water partition coefficient (Wildman–Crippen LogP) is 5.29. The van der Waals surface area contributed by atoms with Gasteiger partial charge in [-0.2, -0.15) is 0 Å². The van der Waals surface area contributed by atoms with Crippen molar-refractivity contribution < 1.29 is 18.7 Å². The van der Waals surface area contributed by atoms with Crippen LogP contribution in [0.25, 0.3) is 0 Å². The number of carbonyl (C=O) groups excluding carboxylic acids is 2. The van der Waals surface area contributed by atoms with Gasteiger partial charge in [-0.25, -0.2) is 4.39 Å². The second-order valence-corrected chi connectivity index (χ2v) is 9.30. The SMILES string of the molecule is O=C(NC1CCCCC1)[C@H](Cc1ccccc1)N(Cc1ccc(F)cc1)C(=O)COc1ccccc1. The van der Waals surface area contributed by atoms with Gasteiger partial charge in [0.15, 0.2) is 6.61 Å². The third-order valence-electron chi connectivity index (χ3n) is 6.59. The van der Waals surface area contributed by atoms with Gasteiger partial charge in [0.25, 0.3) is 5.91 Å². The topological polar surface area (TPSA) is 58.6 Å². The van der Waals surface area contributed by atoms with Gasteiger partial charge in [0.05, 0.1) is 0 Å². The minimum absolute atomic E-state index is 0.118.